The first-order valence-corrected chi connectivity index (χ1v) is 6.37. The molecule has 1 amide bonds. The van der Waals surface area contributed by atoms with Gasteiger partial charge in [0.05, 0.1) is 11.7 Å². The average molecular weight is 256 g/mol. The van der Waals surface area contributed by atoms with Gasteiger partial charge < -0.3 is 19.7 Å². The van der Waals surface area contributed by atoms with Crippen LogP contribution in [0.15, 0.2) is 0 Å². The molecule has 0 aliphatic carbocycles. The number of morpholine rings is 1. The summed E-state index contributed by atoms with van der Waals surface area (Å²) in [5.74, 6) is -0.565. The molecule has 18 heavy (non-hydrogen) atoms. The van der Waals surface area contributed by atoms with Gasteiger partial charge in [-0.25, -0.2) is 4.79 Å². The number of hydrogen-bond donors (Lipinski definition) is 1. The summed E-state index contributed by atoms with van der Waals surface area (Å²) >= 11 is 0. The highest BCUT2D eigenvalue weighted by atomic mass is 16.6. The molecule has 1 N–H and O–H groups in total. The highest BCUT2D eigenvalue weighted by Gasteiger charge is 2.40. The molecule has 0 aromatic heterocycles. The number of nitrogens with one attached hydrogen (secondary N) is 1. The van der Waals surface area contributed by atoms with E-state index in [0.29, 0.717) is 13.1 Å². The summed E-state index contributed by atoms with van der Waals surface area (Å²) in [6.45, 7) is 6.12. The summed E-state index contributed by atoms with van der Waals surface area (Å²) in [5, 5.41) is 3.36. The number of rotatable bonds is 0. The molecule has 2 saturated heterocycles. The number of carbonyl (C=O) groups excluding carboxylic acids is 2. The highest BCUT2D eigenvalue weighted by molar-refractivity contribution is 5.83. The number of nitrogens with zero attached hydrogens (tertiary/aromatic N) is 1. The van der Waals surface area contributed by atoms with Crippen molar-refractivity contribution in [2.75, 3.05) is 26.2 Å². The Balaban J connectivity index is 1.87. The van der Waals surface area contributed by atoms with E-state index in [0.717, 1.165) is 25.9 Å². The van der Waals surface area contributed by atoms with Gasteiger partial charge in [-0.05, 0) is 19.8 Å². The third kappa shape index (κ3) is 3.00. The van der Waals surface area contributed by atoms with Gasteiger partial charge in [0, 0.05) is 33.1 Å². The highest BCUT2D eigenvalue weighted by Crippen LogP contribution is 2.29. The fraction of sp³-hybridized carbons (Fsp3) is 0.833. The fourth-order valence-electron chi connectivity index (χ4n) is 2.59. The first-order valence-electron chi connectivity index (χ1n) is 6.37. The quantitative estimate of drug-likeness (QED) is 0.505. The maximum atomic E-state index is 11.6. The largest absolute Gasteiger partial charge is 0.417 e. The number of hydrogen-bond acceptors (Lipinski definition) is 5. The number of ether oxygens (including phenoxy) is 2. The minimum Gasteiger partial charge on any atom is -0.376 e. The van der Waals surface area contributed by atoms with Crippen molar-refractivity contribution in [3.05, 3.63) is 0 Å². The Morgan fingerprint density at radius 3 is 2.61 bits per heavy atom. The molecule has 102 valence electrons. The van der Waals surface area contributed by atoms with Crippen molar-refractivity contribution in [2.24, 2.45) is 0 Å². The molecule has 0 saturated carbocycles. The lowest BCUT2D eigenvalue weighted by atomic mass is 9.89. The monoisotopic (exact) mass is 256 g/mol. The van der Waals surface area contributed by atoms with Crippen molar-refractivity contribution in [1.82, 2.24) is 10.2 Å². The van der Waals surface area contributed by atoms with E-state index in [4.69, 9.17) is 4.74 Å². The minimum absolute atomic E-state index is 0.162. The van der Waals surface area contributed by atoms with Gasteiger partial charge in [-0.15, -0.1) is 0 Å². The van der Waals surface area contributed by atoms with E-state index in [1.54, 1.807) is 4.90 Å². The lowest BCUT2D eigenvalue weighted by molar-refractivity contribution is -0.140. The van der Waals surface area contributed by atoms with Gasteiger partial charge in [0.1, 0.15) is 0 Å². The summed E-state index contributed by atoms with van der Waals surface area (Å²) < 4.78 is 10.6. The predicted octanol–water partition coefficient (Wildman–Crippen LogP) is 0.512. The van der Waals surface area contributed by atoms with Crippen LogP contribution in [-0.2, 0) is 14.3 Å². The average Bonchev–Trinajstić information content (AvgIpc) is 2.28. The van der Waals surface area contributed by atoms with Crippen molar-refractivity contribution >= 4 is 12.1 Å². The summed E-state index contributed by atoms with van der Waals surface area (Å²) in [7, 11) is 0. The zero-order chi connectivity index (χ0) is 13.2. The normalized spacial score (nSPS) is 27.0. The van der Waals surface area contributed by atoms with E-state index in [1.165, 1.54) is 6.92 Å². The maximum Gasteiger partial charge on any atom is 0.417 e. The third-order valence-corrected chi connectivity index (χ3v) is 3.49. The molecule has 0 radical (unpaired) electrons. The standard InChI is InChI=1S/C12H20N2O4/c1-9-7-13-8-12(18-9)3-5-14(6-4-12)11(16)17-10(2)15/h9,13H,3-8H2,1-2H3. The van der Waals surface area contributed by atoms with Crippen molar-refractivity contribution in [3.63, 3.8) is 0 Å². The second-order valence-corrected chi connectivity index (χ2v) is 5.09. The van der Waals surface area contributed by atoms with Gasteiger partial charge in [-0.2, -0.15) is 0 Å². The first kappa shape index (κ1) is 13.3. The summed E-state index contributed by atoms with van der Waals surface area (Å²) in [6.07, 6.45) is 1.21. The Labute approximate surface area is 107 Å². The zero-order valence-corrected chi connectivity index (χ0v) is 10.9. The van der Waals surface area contributed by atoms with Crippen LogP contribution in [0.4, 0.5) is 4.79 Å². The van der Waals surface area contributed by atoms with Crippen LogP contribution in [0.25, 0.3) is 0 Å². The topological polar surface area (TPSA) is 67.9 Å². The second-order valence-electron chi connectivity index (χ2n) is 5.09. The van der Waals surface area contributed by atoms with E-state index in [2.05, 4.69) is 10.1 Å². The summed E-state index contributed by atoms with van der Waals surface area (Å²) in [4.78, 5) is 23.9. The van der Waals surface area contributed by atoms with Crippen molar-refractivity contribution in [3.8, 4) is 0 Å². The van der Waals surface area contributed by atoms with Gasteiger partial charge in [0.25, 0.3) is 0 Å². The van der Waals surface area contributed by atoms with Crippen LogP contribution in [0.3, 0.4) is 0 Å². The van der Waals surface area contributed by atoms with E-state index in [-0.39, 0.29) is 11.7 Å². The van der Waals surface area contributed by atoms with Gasteiger partial charge in [0.2, 0.25) is 0 Å². The second kappa shape index (κ2) is 5.24. The lowest BCUT2D eigenvalue weighted by Crippen LogP contribution is -2.58. The Hall–Kier alpha value is -1.14. The Morgan fingerprint density at radius 2 is 2.06 bits per heavy atom. The molecule has 2 aliphatic heterocycles. The predicted molar refractivity (Wildman–Crippen MR) is 64.1 cm³/mol. The zero-order valence-electron chi connectivity index (χ0n) is 10.9. The SMILES string of the molecule is CC(=O)OC(=O)N1CCC2(CC1)CNCC(C)O2. The van der Waals surface area contributed by atoms with E-state index in [1.807, 2.05) is 6.92 Å². The Morgan fingerprint density at radius 1 is 1.39 bits per heavy atom. The molecular formula is C12H20N2O4. The Bertz CT molecular complexity index is 337. The number of carbonyl (C=O) groups is 2. The van der Waals surface area contributed by atoms with Gasteiger partial charge >= 0.3 is 12.1 Å². The molecule has 2 fully saturated rings. The number of piperidine rings is 1. The van der Waals surface area contributed by atoms with Gasteiger partial charge in [-0.1, -0.05) is 0 Å². The smallest absolute Gasteiger partial charge is 0.376 e. The first-order chi connectivity index (χ1) is 8.51. The van der Waals surface area contributed by atoms with Crippen LogP contribution in [0.5, 0.6) is 0 Å². The minimum atomic E-state index is -0.565. The van der Waals surface area contributed by atoms with Gasteiger partial charge in [0.15, 0.2) is 0 Å². The molecule has 1 atom stereocenters. The lowest BCUT2D eigenvalue weighted by Gasteiger charge is -2.45. The van der Waals surface area contributed by atoms with E-state index >= 15 is 0 Å². The van der Waals surface area contributed by atoms with Crippen LogP contribution in [0.2, 0.25) is 0 Å². The van der Waals surface area contributed by atoms with Crippen LogP contribution in [0, 0.1) is 0 Å². The molecule has 0 bridgehead atoms. The molecule has 1 unspecified atom stereocenters. The molecule has 1 spiro atoms. The molecular weight excluding hydrogens is 236 g/mol. The van der Waals surface area contributed by atoms with Crippen LogP contribution in [0.1, 0.15) is 26.7 Å². The molecule has 2 rings (SSSR count). The van der Waals surface area contributed by atoms with Crippen LogP contribution in [-0.4, -0.2) is 54.8 Å². The fourth-order valence-corrected chi connectivity index (χ4v) is 2.59. The molecule has 6 heteroatoms. The van der Waals surface area contributed by atoms with Crippen molar-refractivity contribution in [2.45, 2.75) is 38.4 Å². The molecule has 2 heterocycles. The molecule has 2 aliphatic rings. The molecule has 0 aromatic carbocycles. The van der Waals surface area contributed by atoms with E-state index in [9.17, 15) is 9.59 Å². The van der Waals surface area contributed by atoms with E-state index < -0.39 is 12.1 Å². The Kier molecular flexibility index (Phi) is 3.87. The molecule has 6 nitrogen and oxygen atoms in total. The number of likely N-dealkylation sites (tertiary alicyclic amines) is 1. The van der Waals surface area contributed by atoms with Crippen molar-refractivity contribution in [1.29, 1.82) is 0 Å². The van der Waals surface area contributed by atoms with Gasteiger partial charge in [-0.3, -0.25) is 4.79 Å². The maximum absolute atomic E-state index is 11.6. The van der Waals surface area contributed by atoms with Crippen LogP contribution >= 0.6 is 0 Å². The van der Waals surface area contributed by atoms with Crippen molar-refractivity contribution < 1.29 is 19.1 Å². The molecule has 0 aromatic rings. The number of esters is 1. The summed E-state index contributed by atoms with van der Waals surface area (Å²) in [5.41, 5.74) is -0.162. The summed E-state index contributed by atoms with van der Waals surface area (Å²) in [6, 6.07) is 0. The third-order valence-electron chi connectivity index (χ3n) is 3.49. The number of amides is 1. The van der Waals surface area contributed by atoms with Crippen LogP contribution < -0.4 is 5.32 Å².